The summed E-state index contributed by atoms with van der Waals surface area (Å²) in [6.45, 7) is 1.04. The highest BCUT2D eigenvalue weighted by Gasteiger charge is 2.29. The first-order chi connectivity index (χ1) is 14.1. The number of hydrogen-bond donors (Lipinski definition) is 1. The Morgan fingerprint density at radius 3 is 2.66 bits per heavy atom. The van der Waals surface area contributed by atoms with Gasteiger partial charge in [-0.25, -0.2) is 9.37 Å². The van der Waals surface area contributed by atoms with Crippen molar-refractivity contribution in [3.8, 4) is 0 Å². The lowest BCUT2D eigenvalue weighted by molar-refractivity contribution is -0.121. The number of benzene rings is 1. The Labute approximate surface area is 171 Å². The van der Waals surface area contributed by atoms with E-state index in [-0.39, 0.29) is 23.5 Å². The number of anilines is 1. The molecule has 2 aromatic heterocycles. The Bertz CT molecular complexity index is 977. The second-order valence-corrected chi connectivity index (χ2v) is 8.08. The zero-order chi connectivity index (χ0) is 20.2. The molecule has 1 N–H and O–H groups in total. The first kappa shape index (κ1) is 19.3. The number of carbonyl (C=O) groups excluding carboxylic acids is 2. The topological polar surface area (TPSA) is 75.4 Å². The molecule has 1 saturated heterocycles. The number of aromatic nitrogens is 1. The van der Waals surface area contributed by atoms with E-state index in [9.17, 15) is 14.0 Å². The number of nitrogens with zero attached hydrogens (tertiary/aromatic N) is 2. The number of amides is 2. The molecule has 0 atom stereocenters. The number of carbonyl (C=O) groups is 2. The van der Waals surface area contributed by atoms with E-state index in [0.717, 1.165) is 10.4 Å². The summed E-state index contributed by atoms with van der Waals surface area (Å²) >= 11 is 1.41. The fourth-order valence-electron chi connectivity index (χ4n) is 3.36. The van der Waals surface area contributed by atoms with Crippen molar-refractivity contribution in [2.45, 2.75) is 19.3 Å². The molecule has 0 bridgehead atoms. The van der Waals surface area contributed by atoms with Crippen LogP contribution in [0.5, 0.6) is 0 Å². The van der Waals surface area contributed by atoms with E-state index in [0.29, 0.717) is 43.2 Å². The van der Waals surface area contributed by atoms with E-state index in [1.54, 1.807) is 35.4 Å². The lowest BCUT2D eigenvalue weighted by Crippen LogP contribution is -2.41. The van der Waals surface area contributed by atoms with Crippen LogP contribution in [0.15, 0.2) is 53.3 Å². The van der Waals surface area contributed by atoms with Crippen LogP contribution in [-0.4, -0.2) is 34.8 Å². The number of piperidine rings is 1. The first-order valence-corrected chi connectivity index (χ1v) is 10.2. The van der Waals surface area contributed by atoms with Crippen molar-refractivity contribution in [2.75, 3.05) is 18.4 Å². The van der Waals surface area contributed by atoms with Crippen molar-refractivity contribution in [1.29, 1.82) is 0 Å². The van der Waals surface area contributed by atoms with Gasteiger partial charge in [0.15, 0.2) is 10.9 Å². The molecule has 2 amide bonds. The molecule has 1 aliphatic heterocycles. The number of furan rings is 1. The van der Waals surface area contributed by atoms with Gasteiger partial charge in [0.2, 0.25) is 5.91 Å². The summed E-state index contributed by atoms with van der Waals surface area (Å²) in [5.74, 6) is -0.301. The van der Waals surface area contributed by atoms with Crippen LogP contribution in [0.25, 0.3) is 0 Å². The zero-order valence-electron chi connectivity index (χ0n) is 15.6. The van der Waals surface area contributed by atoms with Crippen LogP contribution in [-0.2, 0) is 11.2 Å². The number of likely N-dealkylation sites (tertiary alicyclic amines) is 1. The van der Waals surface area contributed by atoms with Crippen LogP contribution in [0.2, 0.25) is 0 Å². The van der Waals surface area contributed by atoms with Gasteiger partial charge in [-0.05, 0) is 42.7 Å². The average Bonchev–Trinajstić information content (AvgIpc) is 3.42. The fourth-order valence-corrected chi connectivity index (χ4v) is 4.21. The minimum Gasteiger partial charge on any atom is -0.459 e. The first-order valence-electron chi connectivity index (χ1n) is 9.41. The van der Waals surface area contributed by atoms with Crippen molar-refractivity contribution in [3.05, 3.63) is 70.9 Å². The minimum atomic E-state index is -0.261. The molecule has 1 aliphatic rings. The number of rotatable bonds is 5. The third-order valence-electron chi connectivity index (χ3n) is 4.96. The molecule has 0 unspecified atom stereocenters. The average molecular weight is 413 g/mol. The molecular weight excluding hydrogens is 393 g/mol. The molecule has 0 spiro atoms. The van der Waals surface area contributed by atoms with Gasteiger partial charge in [-0.15, -0.1) is 11.3 Å². The second-order valence-electron chi connectivity index (χ2n) is 6.97. The molecule has 0 aliphatic carbocycles. The Morgan fingerprint density at radius 1 is 1.21 bits per heavy atom. The van der Waals surface area contributed by atoms with Crippen molar-refractivity contribution in [1.82, 2.24) is 9.88 Å². The Morgan fingerprint density at radius 2 is 1.97 bits per heavy atom. The number of hydrogen-bond acceptors (Lipinski definition) is 5. The SMILES string of the molecule is O=C(Nc1ncc(Cc2ccc(F)cc2)s1)C1CCN(C(=O)c2ccco2)CC1. The molecule has 0 saturated carbocycles. The van der Waals surface area contributed by atoms with E-state index >= 15 is 0 Å². The maximum atomic E-state index is 13.0. The molecule has 1 fully saturated rings. The number of nitrogens with one attached hydrogen (secondary N) is 1. The molecule has 150 valence electrons. The zero-order valence-corrected chi connectivity index (χ0v) is 16.5. The van der Waals surface area contributed by atoms with E-state index in [1.165, 1.54) is 29.7 Å². The normalized spacial score (nSPS) is 14.7. The lowest BCUT2D eigenvalue weighted by Gasteiger charge is -2.30. The van der Waals surface area contributed by atoms with Crippen molar-refractivity contribution < 1.29 is 18.4 Å². The molecule has 0 radical (unpaired) electrons. The predicted molar refractivity (Wildman–Crippen MR) is 107 cm³/mol. The van der Waals surface area contributed by atoms with Crippen molar-refractivity contribution in [2.24, 2.45) is 5.92 Å². The van der Waals surface area contributed by atoms with Crippen LogP contribution in [0.3, 0.4) is 0 Å². The van der Waals surface area contributed by atoms with Gasteiger partial charge < -0.3 is 14.6 Å². The van der Waals surface area contributed by atoms with Crippen molar-refractivity contribution >= 4 is 28.3 Å². The third kappa shape index (κ3) is 4.71. The summed E-state index contributed by atoms with van der Waals surface area (Å²) in [4.78, 5) is 31.9. The summed E-state index contributed by atoms with van der Waals surface area (Å²) in [5, 5.41) is 3.44. The molecule has 29 heavy (non-hydrogen) atoms. The van der Waals surface area contributed by atoms with Crippen molar-refractivity contribution in [3.63, 3.8) is 0 Å². The van der Waals surface area contributed by atoms with Crippen LogP contribution < -0.4 is 5.32 Å². The fraction of sp³-hybridized carbons (Fsp3) is 0.286. The lowest BCUT2D eigenvalue weighted by atomic mass is 9.96. The number of halogens is 1. The summed E-state index contributed by atoms with van der Waals surface area (Å²) in [6, 6.07) is 9.68. The quantitative estimate of drug-likeness (QED) is 0.687. The highest BCUT2D eigenvalue weighted by atomic mass is 32.1. The maximum absolute atomic E-state index is 13.0. The van der Waals surface area contributed by atoms with Gasteiger partial charge in [0, 0.05) is 36.5 Å². The number of thiazole rings is 1. The van der Waals surface area contributed by atoms with E-state index in [2.05, 4.69) is 10.3 Å². The summed E-state index contributed by atoms with van der Waals surface area (Å²) in [6.07, 6.45) is 5.05. The van der Waals surface area contributed by atoms with E-state index < -0.39 is 0 Å². The van der Waals surface area contributed by atoms with Gasteiger partial charge in [0.1, 0.15) is 5.82 Å². The van der Waals surface area contributed by atoms with Crippen LogP contribution in [0, 0.1) is 11.7 Å². The molecule has 4 rings (SSSR count). The van der Waals surface area contributed by atoms with Gasteiger partial charge >= 0.3 is 0 Å². The Balaban J connectivity index is 1.28. The highest BCUT2D eigenvalue weighted by Crippen LogP contribution is 2.24. The molecule has 8 heteroatoms. The van der Waals surface area contributed by atoms with Gasteiger partial charge in [0.05, 0.1) is 6.26 Å². The Hall–Kier alpha value is -3.00. The van der Waals surface area contributed by atoms with E-state index in [4.69, 9.17) is 4.42 Å². The Kier molecular flexibility index (Phi) is 5.71. The smallest absolute Gasteiger partial charge is 0.289 e. The predicted octanol–water partition coefficient (Wildman–Crippen LogP) is 3.96. The monoisotopic (exact) mass is 413 g/mol. The highest BCUT2D eigenvalue weighted by molar-refractivity contribution is 7.15. The summed E-state index contributed by atoms with van der Waals surface area (Å²) in [5.41, 5.74) is 0.988. The molecule has 3 heterocycles. The summed E-state index contributed by atoms with van der Waals surface area (Å²) in [7, 11) is 0. The molecule has 6 nitrogen and oxygen atoms in total. The van der Waals surface area contributed by atoms with Gasteiger partial charge in [-0.1, -0.05) is 12.1 Å². The van der Waals surface area contributed by atoms with Gasteiger partial charge in [0.25, 0.3) is 5.91 Å². The van der Waals surface area contributed by atoms with Gasteiger partial charge in [-0.2, -0.15) is 0 Å². The standard InChI is InChI=1S/C21H20FN3O3S/c22-16-5-3-14(4-6-16)12-17-13-23-21(29-17)24-19(26)15-7-9-25(10-8-15)20(27)18-2-1-11-28-18/h1-6,11,13,15H,7-10,12H2,(H,23,24,26). The van der Waals surface area contributed by atoms with Gasteiger partial charge in [-0.3, -0.25) is 9.59 Å². The largest absolute Gasteiger partial charge is 0.459 e. The molecular formula is C21H20FN3O3S. The van der Waals surface area contributed by atoms with Crippen LogP contribution >= 0.6 is 11.3 Å². The third-order valence-corrected chi connectivity index (χ3v) is 5.87. The van der Waals surface area contributed by atoms with E-state index in [1.807, 2.05) is 0 Å². The maximum Gasteiger partial charge on any atom is 0.289 e. The molecule has 1 aromatic carbocycles. The summed E-state index contributed by atoms with van der Waals surface area (Å²) < 4.78 is 18.2. The molecule has 3 aromatic rings. The minimum absolute atomic E-state index is 0.0715. The second kappa shape index (κ2) is 8.57. The van der Waals surface area contributed by atoms with Crippen LogP contribution in [0.4, 0.5) is 9.52 Å². The van der Waals surface area contributed by atoms with Crippen LogP contribution in [0.1, 0.15) is 33.8 Å².